The maximum absolute atomic E-state index is 11.7. The van der Waals surface area contributed by atoms with Crippen molar-refractivity contribution < 1.29 is 14.3 Å². The van der Waals surface area contributed by atoms with Gasteiger partial charge in [0.25, 0.3) is 5.91 Å². The van der Waals surface area contributed by atoms with E-state index in [4.69, 9.17) is 9.47 Å². The molecule has 0 aliphatic rings. The van der Waals surface area contributed by atoms with E-state index in [1.54, 1.807) is 19.4 Å². The molecule has 2 aromatic rings. The lowest BCUT2D eigenvalue weighted by Crippen LogP contribution is -2.16. The Labute approximate surface area is 133 Å². The van der Waals surface area contributed by atoms with Gasteiger partial charge in [-0.15, -0.1) is 11.3 Å². The van der Waals surface area contributed by atoms with E-state index >= 15 is 0 Å². The average molecular weight is 318 g/mol. The number of hydrogen-bond donors (Lipinski definition) is 1. The maximum Gasteiger partial charge on any atom is 0.281 e. The minimum absolute atomic E-state index is 0.220. The second kappa shape index (κ2) is 8.19. The van der Waals surface area contributed by atoms with E-state index in [1.807, 2.05) is 36.6 Å². The van der Waals surface area contributed by atoms with E-state index in [1.165, 1.54) is 11.3 Å². The Kier molecular flexibility index (Phi) is 5.97. The summed E-state index contributed by atoms with van der Waals surface area (Å²) in [7, 11) is 1.60. The monoisotopic (exact) mass is 318 g/mol. The first-order valence-corrected chi connectivity index (χ1v) is 7.80. The van der Waals surface area contributed by atoms with Crippen molar-refractivity contribution in [2.45, 2.75) is 13.3 Å². The summed E-state index contributed by atoms with van der Waals surface area (Å²) in [6.45, 7) is 2.66. The molecule has 0 saturated carbocycles. The number of nitrogens with one attached hydrogen (secondary N) is 1. The van der Waals surface area contributed by atoms with Gasteiger partial charge in [0, 0.05) is 0 Å². The minimum atomic E-state index is -0.220. The molecule has 0 saturated heterocycles. The number of carbonyl (C=O) groups is 1. The number of methoxy groups -OCH3 is 1. The molecule has 6 heteroatoms. The lowest BCUT2D eigenvalue weighted by Gasteiger charge is -2.10. The van der Waals surface area contributed by atoms with Gasteiger partial charge in [-0.3, -0.25) is 4.79 Å². The summed E-state index contributed by atoms with van der Waals surface area (Å²) in [6, 6.07) is 9.06. The van der Waals surface area contributed by atoms with Crippen molar-refractivity contribution in [2.24, 2.45) is 5.10 Å². The molecular formula is C16H18N2O3S. The van der Waals surface area contributed by atoms with Crippen molar-refractivity contribution in [3.8, 4) is 11.5 Å². The molecule has 0 bridgehead atoms. The summed E-state index contributed by atoms with van der Waals surface area (Å²) in [4.78, 5) is 12.4. The third kappa shape index (κ3) is 4.33. The third-order valence-corrected chi connectivity index (χ3v) is 3.64. The Bertz CT molecular complexity index is 639. The molecule has 1 heterocycles. The molecule has 116 valence electrons. The maximum atomic E-state index is 11.7. The van der Waals surface area contributed by atoms with Crippen molar-refractivity contribution in [3.63, 3.8) is 0 Å². The molecule has 5 nitrogen and oxygen atoms in total. The number of nitrogens with zero attached hydrogens (tertiary/aromatic N) is 1. The molecule has 0 unspecified atom stereocenters. The Morgan fingerprint density at radius 1 is 1.36 bits per heavy atom. The number of ether oxygens (including phenoxy) is 2. The quantitative estimate of drug-likeness (QED) is 0.629. The first kappa shape index (κ1) is 16.0. The number of thiophene rings is 1. The van der Waals surface area contributed by atoms with Crippen molar-refractivity contribution in [1.82, 2.24) is 5.43 Å². The van der Waals surface area contributed by atoms with Crippen molar-refractivity contribution in [1.29, 1.82) is 0 Å². The standard InChI is InChI=1S/C16H18N2O3S/c1-3-8-21-14-10-12(6-7-13(14)20-2)11-17-18-16(19)15-5-4-9-22-15/h4-7,9-11H,3,8H2,1-2H3,(H,18,19)/b17-11-. The largest absolute Gasteiger partial charge is 0.493 e. The zero-order valence-corrected chi connectivity index (χ0v) is 13.4. The molecule has 0 aliphatic heterocycles. The van der Waals surface area contributed by atoms with Crippen molar-refractivity contribution >= 4 is 23.5 Å². The molecule has 1 aromatic heterocycles. The van der Waals surface area contributed by atoms with Gasteiger partial charge in [0.05, 0.1) is 24.8 Å². The first-order chi connectivity index (χ1) is 10.7. The van der Waals surface area contributed by atoms with Crippen LogP contribution in [-0.2, 0) is 0 Å². The number of carbonyl (C=O) groups excluding carboxylic acids is 1. The van der Waals surface area contributed by atoms with E-state index < -0.39 is 0 Å². The fourth-order valence-corrected chi connectivity index (χ4v) is 2.34. The van der Waals surface area contributed by atoms with E-state index in [2.05, 4.69) is 10.5 Å². The molecule has 1 N–H and O–H groups in total. The summed E-state index contributed by atoms with van der Waals surface area (Å²) >= 11 is 1.37. The number of hydrogen-bond acceptors (Lipinski definition) is 5. The Morgan fingerprint density at radius 3 is 2.91 bits per heavy atom. The van der Waals surface area contributed by atoms with Gasteiger partial charge in [-0.1, -0.05) is 13.0 Å². The van der Waals surface area contributed by atoms with E-state index in [0.29, 0.717) is 23.0 Å². The summed E-state index contributed by atoms with van der Waals surface area (Å²) in [5, 5.41) is 5.81. The smallest absolute Gasteiger partial charge is 0.281 e. The molecule has 0 spiro atoms. The highest BCUT2D eigenvalue weighted by atomic mass is 32.1. The molecular weight excluding hydrogens is 300 g/mol. The number of amides is 1. The molecule has 22 heavy (non-hydrogen) atoms. The van der Waals surface area contributed by atoms with Crippen LogP contribution in [0.3, 0.4) is 0 Å². The van der Waals surface area contributed by atoms with Gasteiger partial charge in [-0.2, -0.15) is 5.10 Å². The Hall–Kier alpha value is -2.34. The highest BCUT2D eigenvalue weighted by Gasteiger charge is 2.06. The van der Waals surface area contributed by atoms with E-state index in [9.17, 15) is 4.79 Å². The van der Waals surface area contributed by atoms with Crippen LogP contribution >= 0.6 is 11.3 Å². The van der Waals surface area contributed by atoms with Crippen LogP contribution in [0.15, 0.2) is 40.8 Å². The van der Waals surface area contributed by atoms with Crippen molar-refractivity contribution in [3.05, 3.63) is 46.2 Å². The van der Waals surface area contributed by atoms with Crippen LogP contribution < -0.4 is 14.9 Å². The van der Waals surface area contributed by atoms with Crippen LogP contribution in [0.4, 0.5) is 0 Å². The highest BCUT2D eigenvalue weighted by molar-refractivity contribution is 7.12. The molecule has 0 aliphatic carbocycles. The van der Waals surface area contributed by atoms with Gasteiger partial charge in [0.2, 0.25) is 0 Å². The van der Waals surface area contributed by atoms with E-state index in [0.717, 1.165) is 12.0 Å². The Morgan fingerprint density at radius 2 is 2.23 bits per heavy atom. The summed E-state index contributed by atoms with van der Waals surface area (Å²) < 4.78 is 10.9. The molecule has 2 rings (SSSR count). The number of hydrazone groups is 1. The number of rotatable bonds is 7. The molecule has 0 fully saturated rings. The highest BCUT2D eigenvalue weighted by Crippen LogP contribution is 2.27. The first-order valence-electron chi connectivity index (χ1n) is 6.92. The van der Waals surface area contributed by atoms with Gasteiger partial charge in [-0.25, -0.2) is 5.43 Å². The van der Waals surface area contributed by atoms with Crippen molar-refractivity contribution in [2.75, 3.05) is 13.7 Å². The lowest BCUT2D eigenvalue weighted by atomic mass is 10.2. The average Bonchev–Trinajstić information content (AvgIpc) is 3.07. The van der Waals surface area contributed by atoms with Crippen LogP contribution in [0.5, 0.6) is 11.5 Å². The summed E-state index contributed by atoms with van der Waals surface area (Å²) in [5.74, 6) is 1.12. The fourth-order valence-electron chi connectivity index (χ4n) is 1.73. The van der Waals surface area contributed by atoms with Crippen LogP contribution in [-0.4, -0.2) is 25.8 Å². The van der Waals surface area contributed by atoms with Crippen LogP contribution in [0, 0.1) is 0 Å². The second-order valence-electron chi connectivity index (χ2n) is 4.44. The Balaban J connectivity index is 2.02. The van der Waals surface area contributed by atoms with Crippen LogP contribution in [0.1, 0.15) is 28.6 Å². The minimum Gasteiger partial charge on any atom is -0.493 e. The van der Waals surface area contributed by atoms with Crippen LogP contribution in [0.25, 0.3) is 0 Å². The van der Waals surface area contributed by atoms with Gasteiger partial charge < -0.3 is 9.47 Å². The van der Waals surface area contributed by atoms with Gasteiger partial charge in [0.15, 0.2) is 11.5 Å². The van der Waals surface area contributed by atoms with Crippen LogP contribution in [0.2, 0.25) is 0 Å². The molecule has 0 radical (unpaired) electrons. The molecule has 1 aromatic carbocycles. The zero-order chi connectivity index (χ0) is 15.8. The lowest BCUT2D eigenvalue weighted by molar-refractivity contribution is 0.0959. The van der Waals surface area contributed by atoms with E-state index in [-0.39, 0.29) is 5.91 Å². The second-order valence-corrected chi connectivity index (χ2v) is 5.38. The molecule has 1 amide bonds. The summed E-state index contributed by atoms with van der Waals surface area (Å²) in [5.41, 5.74) is 3.31. The zero-order valence-electron chi connectivity index (χ0n) is 12.5. The van der Waals surface area contributed by atoms with Gasteiger partial charge in [-0.05, 0) is 41.6 Å². The van der Waals surface area contributed by atoms with Gasteiger partial charge in [0.1, 0.15) is 0 Å². The number of benzene rings is 1. The normalized spacial score (nSPS) is 10.6. The predicted molar refractivity (Wildman–Crippen MR) is 88.2 cm³/mol. The van der Waals surface area contributed by atoms with Gasteiger partial charge >= 0.3 is 0 Å². The fraction of sp³-hybridized carbons (Fsp3) is 0.250. The SMILES string of the molecule is CCCOc1cc(/C=N\NC(=O)c2cccs2)ccc1OC. The third-order valence-electron chi connectivity index (χ3n) is 2.77. The topological polar surface area (TPSA) is 59.9 Å². The predicted octanol–water partition coefficient (Wildman–Crippen LogP) is 3.31. The molecule has 0 atom stereocenters. The summed E-state index contributed by atoms with van der Waals surface area (Å²) in [6.07, 6.45) is 2.49.